The molecule has 1 fully saturated rings. The maximum absolute atomic E-state index is 13.6. The van der Waals surface area contributed by atoms with Crippen molar-refractivity contribution < 1.29 is 28.9 Å². The summed E-state index contributed by atoms with van der Waals surface area (Å²) < 4.78 is 18.2. The van der Waals surface area contributed by atoms with Gasteiger partial charge < -0.3 is 19.3 Å². The Morgan fingerprint density at radius 2 is 1.97 bits per heavy atom. The van der Waals surface area contributed by atoms with Crippen molar-refractivity contribution in [3.05, 3.63) is 41.3 Å². The summed E-state index contributed by atoms with van der Waals surface area (Å²) in [5.41, 5.74) is 2.33. The molecule has 2 aliphatic rings. The van der Waals surface area contributed by atoms with Crippen molar-refractivity contribution in [1.82, 2.24) is 9.47 Å². The van der Waals surface area contributed by atoms with Crippen molar-refractivity contribution in [2.45, 2.75) is 58.6 Å². The highest BCUT2D eigenvalue weighted by molar-refractivity contribution is 5.98. The summed E-state index contributed by atoms with van der Waals surface area (Å²) in [6.07, 6.45) is 2.68. The third kappa shape index (κ3) is 4.40. The summed E-state index contributed by atoms with van der Waals surface area (Å²) in [5, 5.41) is 10.9. The fraction of sp³-hybridized carbons (Fsp3) is 0.556. The van der Waals surface area contributed by atoms with Crippen molar-refractivity contribution in [2.75, 3.05) is 27.3 Å². The lowest BCUT2D eigenvalue weighted by atomic mass is 9.74. The fourth-order valence-corrected chi connectivity index (χ4v) is 5.82. The van der Waals surface area contributed by atoms with E-state index in [2.05, 4.69) is 11.8 Å². The highest BCUT2D eigenvalue weighted by Gasteiger charge is 2.44. The minimum Gasteiger partial charge on any atom is -0.515 e. The smallest absolute Gasteiger partial charge is 0.419 e. The van der Waals surface area contributed by atoms with Crippen LogP contribution in [0.5, 0.6) is 5.75 Å². The monoisotopic (exact) mass is 484 g/mol. The lowest BCUT2D eigenvalue weighted by molar-refractivity contribution is -0.137. The zero-order chi connectivity index (χ0) is 25.5. The summed E-state index contributed by atoms with van der Waals surface area (Å²) in [5.74, 6) is 0.185. The van der Waals surface area contributed by atoms with Gasteiger partial charge in [0.15, 0.2) is 0 Å². The van der Waals surface area contributed by atoms with Gasteiger partial charge >= 0.3 is 12.1 Å². The molecule has 1 aromatic carbocycles. The van der Waals surface area contributed by atoms with E-state index in [0.717, 1.165) is 60.1 Å². The molecule has 190 valence electrons. The number of carbonyl (C=O) groups excluding carboxylic acids is 2. The standard InChI is InChI=1S/C27H36N2O6/c1-7-16-14-28-12-11-17-23-20(9-8-10-22(23)33-5)29(26(32)35-27(2,3)4)24(17)21(28)13-18(16)19(15-30)25(31)34-6/h8-10,15-16,18,21,30H,7,11-14H2,1-6H3/b19-15+/t16-,18+,21+/m1/s1. The van der Waals surface area contributed by atoms with Crippen LogP contribution in [0.2, 0.25) is 0 Å². The van der Waals surface area contributed by atoms with E-state index in [0.29, 0.717) is 6.42 Å². The molecule has 3 heterocycles. The van der Waals surface area contributed by atoms with E-state index in [1.165, 1.54) is 7.11 Å². The Hall–Kier alpha value is -3.00. The first kappa shape index (κ1) is 25.1. The van der Waals surface area contributed by atoms with E-state index < -0.39 is 17.7 Å². The van der Waals surface area contributed by atoms with Crippen LogP contribution in [0.15, 0.2) is 30.0 Å². The van der Waals surface area contributed by atoms with E-state index in [9.17, 15) is 14.7 Å². The minimum atomic E-state index is -0.659. The van der Waals surface area contributed by atoms with E-state index >= 15 is 0 Å². The van der Waals surface area contributed by atoms with E-state index in [4.69, 9.17) is 14.2 Å². The summed E-state index contributed by atoms with van der Waals surface area (Å²) in [4.78, 5) is 28.5. The summed E-state index contributed by atoms with van der Waals surface area (Å²) in [6, 6.07) is 5.59. The molecule has 1 aromatic heterocycles. The third-order valence-electron chi connectivity index (χ3n) is 7.30. The molecule has 0 bridgehead atoms. The van der Waals surface area contributed by atoms with Crippen LogP contribution in [0.4, 0.5) is 4.79 Å². The van der Waals surface area contributed by atoms with Crippen LogP contribution in [0.25, 0.3) is 10.9 Å². The number of ether oxygens (including phenoxy) is 3. The van der Waals surface area contributed by atoms with Crippen LogP contribution in [0, 0.1) is 11.8 Å². The number of hydrogen-bond donors (Lipinski definition) is 1. The second-order valence-corrected chi connectivity index (χ2v) is 10.4. The average Bonchev–Trinajstić information content (AvgIpc) is 3.18. The van der Waals surface area contributed by atoms with Gasteiger partial charge in [-0.3, -0.25) is 4.90 Å². The Bertz CT molecular complexity index is 1160. The molecule has 0 aliphatic carbocycles. The molecule has 1 N–H and O–H groups in total. The molecule has 8 nitrogen and oxygen atoms in total. The molecular formula is C27H36N2O6. The maximum Gasteiger partial charge on any atom is 0.419 e. The van der Waals surface area contributed by atoms with Gasteiger partial charge in [0.2, 0.25) is 0 Å². The number of methoxy groups -OCH3 is 2. The third-order valence-corrected chi connectivity index (χ3v) is 7.30. The number of nitrogens with zero attached hydrogens (tertiary/aromatic N) is 2. The second-order valence-electron chi connectivity index (χ2n) is 10.4. The first-order valence-corrected chi connectivity index (χ1v) is 12.2. The van der Waals surface area contributed by atoms with Crippen molar-refractivity contribution in [3.63, 3.8) is 0 Å². The van der Waals surface area contributed by atoms with Crippen molar-refractivity contribution in [1.29, 1.82) is 0 Å². The number of aromatic nitrogens is 1. The zero-order valence-electron chi connectivity index (χ0n) is 21.5. The van der Waals surface area contributed by atoms with Crippen molar-refractivity contribution in [2.24, 2.45) is 11.8 Å². The molecule has 2 aliphatic heterocycles. The molecule has 0 radical (unpaired) electrons. The molecule has 0 saturated carbocycles. The SMILES string of the molecule is CC[C@@H]1CN2CCc3c(n(C(=O)OC(C)(C)C)c4cccc(OC)c34)[C@@H]2C[C@@H]1/C(=C\O)C(=O)OC. The van der Waals surface area contributed by atoms with Gasteiger partial charge in [0.1, 0.15) is 11.4 Å². The summed E-state index contributed by atoms with van der Waals surface area (Å²) in [6.45, 7) is 9.25. The Morgan fingerprint density at radius 3 is 2.57 bits per heavy atom. The molecule has 3 atom stereocenters. The van der Waals surface area contributed by atoms with Crippen LogP contribution < -0.4 is 4.74 Å². The van der Waals surface area contributed by atoms with Crippen LogP contribution in [0.1, 0.15) is 57.8 Å². The van der Waals surface area contributed by atoms with Gasteiger partial charge in [-0.25, -0.2) is 14.2 Å². The number of benzene rings is 1. The Labute approximate surface area is 206 Å². The Kier molecular flexibility index (Phi) is 6.86. The van der Waals surface area contributed by atoms with Gasteiger partial charge in [0.25, 0.3) is 0 Å². The highest BCUT2D eigenvalue weighted by Crippen LogP contribution is 2.48. The zero-order valence-corrected chi connectivity index (χ0v) is 21.5. The number of esters is 1. The predicted molar refractivity (Wildman–Crippen MR) is 133 cm³/mol. The summed E-state index contributed by atoms with van der Waals surface area (Å²) >= 11 is 0. The van der Waals surface area contributed by atoms with Crippen LogP contribution in [-0.2, 0) is 20.7 Å². The van der Waals surface area contributed by atoms with Crippen LogP contribution in [-0.4, -0.2) is 59.5 Å². The van der Waals surface area contributed by atoms with Gasteiger partial charge in [-0.15, -0.1) is 0 Å². The second kappa shape index (κ2) is 9.57. The predicted octanol–water partition coefficient (Wildman–Crippen LogP) is 4.99. The molecule has 0 spiro atoms. The maximum atomic E-state index is 13.6. The molecule has 2 aromatic rings. The Balaban J connectivity index is 1.90. The fourth-order valence-electron chi connectivity index (χ4n) is 5.82. The van der Waals surface area contributed by atoms with Gasteiger partial charge in [-0.2, -0.15) is 0 Å². The Morgan fingerprint density at radius 1 is 1.23 bits per heavy atom. The number of piperidine rings is 1. The molecular weight excluding hydrogens is 448 g/mol. The molecule has 0 amide bonds. The van der Waals surface area contributed by atoms with Crippen LogP contribution in [0.3, 0.4) is 0 Å². The molecule has 0 unspecified atom stereocenters. The average molecular weight is 485 g/mol. The number of fused-ring (bicyclic) bond motifs is 5. The number of hydrogen-bond acceptors (Lipinski definition) is 7. The molecule has 1 saturated heterocycles. The molecule has 35 heavy (non-hydrogen) atoms. The highest BCUT2D eigenvalue weighted by atomic mass is 16.6. The van der Waals surface area contributed by atoms with E-state index in [1.54, 1.807) is 11.7 Å². The van der Waals surface area contributed by atoms with Gasteiger partial charge in [-0.1, -0.05) is 19.4 Å². The topological polar surface area (TPSA) is 90.2 Å². The van der Waals surface area contributed by atoms with Gasteiger partial charge in [-0.05, 0) is 63.1 Å². The molecule has 8 heteroatoms. The number of aliphatic hydroxyl groups excluding tert-OH is 1. The van der Waals surface area contributed by atoms with Crippen molar-refractivity contribution in [3.8, 4) is 5.75 Å². The lowest BCUT2D eigenvalue weighted by Crippen LogP contribution is -2.47. The number of rotatable bonds is 4. The van der Waals surface area contributed by atoms with E-state index in [1.807, 2.05) is 39.0 Å². The van der Waals surface area contributed by atoms with Crippen LogP contribution >= 0.6 is 0 Å². The molecule has 4 rings (SSSR count). The van der Waals surface area contributed by atoms with Crippen molar-refractivity contribution >= 4 is 23.0 Å². The lowest BCUT2D eigenvalue weighted by Gasteiger charge is -2.46. The normalized spacial score (nSPS) is 22.9. The first-order valence-electron chi connectivity index (χ1n) is 12.2. The van der Waals surface area contributed by atoms with E-state index in [-0.39, 0.29) is 23.5 Å². The van der Waals surface area contributed by atoms with Gasteiger partial charge in [0.05, 0.1) is 43.3 Å². The first-order chi connectivity index (χ1) is 16.6. The number of aliphatic hydroxyl groups is 1. The summed E-state index contributed by atoms with van der Waals surface area (Å²) in [7, 11) is 2.96. The quantitative estimate of drug-likeness (QED) is 0.371. The van der Waals surface area contributed by atoms with Gasteiger partial charge in [0, 0.05) is 18.5 Å². The minimum absolute atomic E-state index is 0.129. The largest absolute Gasteiger partial charge is 0.515 e. The number of carbonyl (C=O) groups is 2.